The average Bonchev–Trinajstić information content (AvgIpc) is 3.19. The van der Waals surface area contributed by atoms with Gasteiger partial charge < -0.3 is 19.3 Å². The van der Waals surface area contributed by atoms with Gasteiger partial charge in [0.05, 0.1) is 43.0 Å². The number of ketones is 1. The lowest BCUT2D eigenvalue weighted by atomic mass is 9.94. The maximum atomic E-state index is 13.4. The van der Waals surface area contributed by atoms with Crippen molar-refractivity contribution in [2.75, 3.05) is 25.7 Å². The van der Waals surface area contributed by atoms with Gasteiger partial charge in [-0.05, 0) is 67.1 Å². The molecule has 1 heterocycles. The van der Waals surface area contributed by atoms with Crippen molar-refractivity contribution in [2.45, 2.75) is 13.0 Å². The number of halogens is 1. The fourth-order valence-electron chi connectivity index (χ4n) is 4.19. The van der Waals surface area contributed by atoms with Crippen LogP contribution in [-0.2, 0) is 14.3 Å². The highest BCUT2D eigenvalue weighted by atomic mass is 35.5. The summed E-state index contributed by atoms with van der Waals surface area (Å²) in [7, 11) is 2.77. The summed E-state index contributed by atoms with van der Waals surface area (Å²) in [4.78, 5) is 39.9. The van der Waals surface area contributed by atoms with E-state index < -0.39 is 29.5 Å². The Morgan fingerprint density at radius 1 is 1.00 bits per heavy atom. The number of benzene rings is 3. The van der Waals surface area contributed by atoms with E-state index in [1.807, 2.05) is 6.92 Å². The van der Waals surface area contributed by atoms with Gasteiger partial charge in [0.25, 0.3) is 11.7 Å². The number of Topliss-reactive ketones (excluding diaryl/α,β-unsaturated/α-hetero) is 1. The van der Waals surface area contributed by atoms with E-state index in [1.54, 1.807) is 36.4 Å². The molecule has 4 rings (SSSR count). The molecule has 8 nitrogen and oxygen atoms in total. The molecule has 1 fully saturated rings. The molecule has 1 aliphatic rings. The van der Waals surface area contributed by atoms with E-state index in [2.05, 4.69) is 0 Å². The van der Waals surface area contributed by atoms with Crippen molar-refractivity contribution >= 4 is 40.7 Å². The zero-order valence-electron chi connectivity index (χ0n) is 20.4. The summed E-state index contributed by atoms with van der Waals surface area (Å²) in [5.41, 5.74) is 1.15. The number of carbonyl (C=O) groups excluding carboxylic acids is 3. The van der Waals surface area contributed by atoms with Crippen molar-refractivity contribution in [3.8, 4) is 11.5 Å². The second-order valence-corrected chi connectivity index (χ2v) is 8.47. The molecule has 1 saturated heterocycles. The third-order valence-corrected chi connectivity index (χ3v) is 6.25. The Morgan fingerprint density at radius 3 is 2.38 bits per heavy atom. The Morgan fingerprint density at radius 2 is 1.73 bits per heavy atom. The number of ether oxygens (including phenoxy) is 3. The quantitative estimate of drug-likeness (QED) is 0.198. The van der Waals surface area contributed by atoms with Crippen LogP contribution in [0.15, 0.2) is 72.3 Å². The lowest BCUT2D eigenvalue weighted by Crippen LogP contribution is -2.29. The Kier molecular flexibility index (Phi) is 7.50. The van der Waals surface area contributed by atoms with Gasteiger partial charge >= 0.3 is 5.97 Å². The van der Waals surface area contributed by atoms with Gasteiger partial charge in [-0.1, -0.05) is 23.7 Å². The van der Waals surface area contributed by atoms with Crippen LogP contribution >= 0.6 is 11.6 Å². The molecule has 1 atom stereocenters. The molecule has 0 spiro atoms. The number of carbonyl (C=O) groups is 3. The SMILES string of the molecule is CCOc1ccc(Cl)c(/C(O)=C2\C(=O)C(=O)N(c3ccc(C(=O)OC)cc3)C2c2cccc(OC)c2)c1. The third kappa shape index (κ3) is 4.88. The number of esters is 1. The lowest BCUT2D eigenvalue weighted by Gasteiger charge is -2.26. The van der Waals surface area contributed by atoms with Gasteiger partial charge in [-0.25, -0.2) is 4.79 Å². The van der Waals surface area contributed by atoms with Crippen LogP contribution in [-0.4, -0.2) is 43.6 Å². The fraction of sp³-hybridized carbons (Fsp3) is 0.179. The molecule has 0 aromatic heterocycles. The van der Waals surface area contributed by atoms with Gasteiger partial charge in [-0.15, -0.1) is 0 Å². The van der Waals surface area contributed by atoms with Crippen LogP contribution in [0, 0.1) is 0 Å². The lowest BCUT2D eigenvalue weighted by molar-refractivity contribution is -0.132. The van der Waals surface area contributed by atoms with E-state index >= 15 is 0 Å². The number of anilines is 1. The highest BCUT2D eigenvalue weighted by Gasteiger charge is 2.47. The standard InChI is InChI=1S/C28H24ClNO7/c1-4-37-20-12-13-22(29)21(15-20)25(31)23-24(17-6-5-7-19(14-17)35-2)30(27(33)26(23)32)18-10-8-16(9-11-18)28(34)36-3/h5-15,24,31H,4H2,1-3H3/b25-23+. The van der Waals surface area contributed by atoms with Crippen LogP contribution in [0.2, 0.25) is 5.02 Å². The predicted octanol–water partition coefficient (Wildman–Crippen LogP) is 5.16. The maximum absolute atomic E-state index is 13.4. The van der Waals surface area contributed by atoms with Crippen molar-refractivity contribution in [1.29, 1.82) is 0 Å². The number of nitrogens with zero attached hydrogens (tertiary/aromatic N) is 1. The molecule has 1 amide bonds. The molecule has 1 aliphatic heterocycles. The summed E-state index contributed by atoms with van der Waals surface area (Å²) in [6, 6.07) is 16.6. The molecule has 3 aromatic rings. The summed E-state index contributed by atoms with van der Waals surface area (Å²) < 4.78 is 15.6. The van der Waals surface area contributed by atoms with Crippen LogP contribution in [0.4, 0.5) is 5.69 Å². The van der Waals surface area contributed by atoms with E-state index in [-0.39, 0.29) is 21.7 Å². The van der Waals surface area contributed by atoms with Gasteiger partial charge in [-0.2, -0.15) is 0 Å². The van der Waals surface area contributed by atoms with E-state index in [0.29, 0.717) is 29.4 Å². The largest absolute Gasteiger partial charge is 0.507 e. The number of aliphatic hydroxyl groups is 1. The number of hydrogen-bond donors (Lipinski definition) is 1. The van der Waals surface area contributed by atoms with E-state index in [4.69, 9.17) is 25.8 Å². The molecule has 3 aromatic carbocycles. The maximum Gasteiger partial charge on any atom is 0.337 e. The van der Waals surface area contributed by atoms with Gasteiger partial charge in [-0.3, -0.25) is 14.5 Å². The van der Waals surface area contributed by atoms with Gasteiger partial charge in [0.1, 0.15) is 17.3 Å². The van der Waals surface area contributed by atoms with E-state index in [0.717, 1.165) is 0 Å². The Balaban J connectivity index is 1.93. The monoisotopic (exact) mass is 521 g/mol. The first-order valence-corrected chi connectivity index (χ1v) is 11.7. The zero-order valence-corrected chi connectivity index (χ0v) is 21.1. The second-order valence-electron chi connectivity index (χ2n) is 8.06. The van der Waals surface area contributed by atoms with Crippen LogP contribution in [0.5, 0.6) is 11.5 Å². The predicted molar refractivity (Wildman–Crippen MR) is 138 cm³/mol. The molecule has 9 heteroatoms. The highest BCUT2D eigenvalue weighted by molar-refractivity contribution is 6.52. The Hall–Kier alpha value is -4.30. The van der Waals surface area contributed by atoms with E-state index in [1.165, 1.54) is 49.5 Å². The summed E-state index contributed by atoms with van der Waals surface area (Å²) in [6.45, 7) is 2.20. The topological polar surface area (TPSA) is 102 Å². The molecule has 0 aliphatic carbocycles. The van der Waals surface area contributed by atoms with Gasteiger partial charge in [0.2, 0.25) is 0 Å². The number of methoxy groups -OCH3 is 2. The Bertz CT molecular complexity index is 1400. The average molecular weight is 522 g/mol. The molecule has 37 heavy (non-hydrogen) atoms. The van der Waals surface area contributed by atoms with Gasteiger partial charge in [0.15, 0.2) is 0 Å². The molecular formula is C28H24ClNO7. The first-order valence-electron chi connectivity index (χ1n) is 11.4. The van der Waals surface area contributed by atoms with Crippen molar-refractivity contribution in [1.82, 2.24) is 0 Å². The highest BCUT2D eigenvalue weighted by Crippen LogP contribution is 2.44. The molecule has 0 radical (unpaired) electrons. The summed E-state index contributed by atoms with van der Waals surface area (Å²) in [5.74, 6) is -1.77. The van der Waals surface area contributed by atoms with Gasteiger partial charge in [0, 0.05) is 11.3 Å². The van der Waals surface area contributed by atoms with Crippen molar-refractivity contribution in [3.63, 3.8) is 0 Å². The molecule has 0 saturated carbocycles. The van der Waals surface area contributed by atoms with E-state index in [9.17, 15) is 19.5 Å². The van der Waals surface area contributed by atoms with Crippen LogP contribution < -0.4 is 14.4 Å². The minimum absolute atomic E-state index is 0.147. The number of hydrogen-bond acceptors (Lipinski definition) is 7. The first-order chi connectivity index (χ1) is 17.8. The smallest absolute Gasteiger partial charge is 0.337 e. The molecule has 1 N–H and O–H groups in total. The van der Waals surface area contributed by atoms with Crippen molar-refractivity contribution in [3.05, 3.63) is 94.0 Å². The van der Waals surface area contributed by atoms with Crippen LogP contribution in [0.25, 0.3) is 5.76 Å². The molecule has 190 valence electrons. The number of amides is 1. The number of rotatable bonds is 7. The normalized spacial score (nSPS) is 16.5. The zero-order chi connectivity index (χ0) is 26.7. The van der Waals surface area contributed by atoms with Crippen molar-refractivity contribution in [2.24, 2.45) is 0 Å². The summed E-state index contributed by atoms with van der Waals surface area (Å²) >= 11 is 6.39. The molecule has 0 bridgehead atoms. The summed E-state index contributed by atoms with van der Waals surface area (Å²) in [5, 5.41) is 11.6. The minimum Gasteiger partial charge on any atom is -0.507 e. The third-order valence-electron chi connectivity index (χ3n) is 5.92. The Labute approximate surface area is 218 Å². The van der Waals surface area contributed by atoms with Crippen molar-refractivity contribution < 1.29 is 33.7 Å². The van der Waals surface area contributed by atoms with Crippen LogP contribution in [0.3, 0.4) is 0 Å². The summed E-state index contributed by atoms with van der Waals surface area (Å²) in [6.07, 6.45) is 0. The first kappa shape index (κ1) is 25.8. The second kappa shape index (κ2) is 10.8. The fourth-order valence-corrected chi connectivity index (χ4v) is 4.40. The van der Waals surface area contributed by atoms with Crippen LogP contribution in [0.1, 0.15) is 34.5 Å². The molecule has 1 unspecified atom stereocenters. The number of aliphatic hydroxyl groups excluding tert-OH is 1. The molecular weight excluding hydrogens is 498 g/mol. The minimum atomic E-state index is -1.01.